The van der Waals surface area contributed by atoms with Crippen LogP contribution in [-0.2, 0) is 4.79 Å². The van der Waals surface area contributed by atoms with Gasteiger partial charge in [0.25, 0.3) is 0 Å². The van der Waals surface area contributed by atoms with E-state index in [1.54, 1.807) is 0 Å². The third kappa shape index (κ3) is 5.50. The third-order valence-corrected chi connectivity index (χ3v) is 5.23. The van der Waals surface area contributed by atoms with Gasteiger partial charge in [0.1, 0.15) is 11.0 Å². The van der Waals surface area contributed by atoms with E-state index < -0.39 is 6.04 Å². The number of hydrogen-bond donors (Lipinski definition) is 3. The number of halogens is 1. The summed E-state index contributed by atoms with van der Waals surface area (Å²) >= 11 is 4.71. The quantitative estimate of drug-likeness (QED) is 0.613. The number of nitrogens with zero attached hydrogens (tertiary/aromatic N) is 2. The largest absolute Gasteiger partial charge is 0.338 e. The summed E-state index contributed by atoms with van der Waals surface area (Å²) < 4.78 is 0.943. The molecule has 2 rings (SSSR count). The molecule has 1 aromatic carbocycles. The topological polar surface area (TPSA) is 96.0 Å². The molecule has 140 valence electrons. The molecule has 2 atom stereocenters. The zero-order valence-corrected chi connectivity index (χ0v) is 17.3. The summed E-state index contributed by atoms with van der Waals surface area (Å²) in [6, 6.07) is 6.69. The fourth-order valence-electron chi connectivity index (χ4n) is 2.25. The lowest BCUT2D eigenvalue weighted by molar-refractivity contribution is -0.119. The molecule has 3 amide bonds. The number of hydrogen-bond acceptors (Lipinski definition) is 5. The number of aromatic nitrogens is 2. The fraction of sp³-hybridized carbons (Fsp3) is 0.412. The van der Waals surface area contributed by atoms with Gasteiger partial charge in [-0.3, -0.25) is 10.1 Å². The number of amides is 3. The summed E-state index contributed by atoms with van der Waals surface area (Å²) in [7, 11) is 0. The van der Waals surface area contributed by atoms with Gasteiger partial charge in [-0.15, -0.1) is 10.2 Å². The molecule has 26 heavy (non-hydrogen) atoms. The Kier molecular flexibility index (Phi) is 7.52. The van der Waals surface area contributed by atoms with E-state index in [0.717, 1.165) is 16.5 Å². The van der Waals surface area contributed by atoms with E-state index in [1.807, 2.05) is 45.0 Å². The number of urea groups is 1. The van der Waals surface area contributed by atoms with Crippen LogP contribution in [-0.4, -0.2) is 34.7 Å². The van der Waals surface area contributed by atoms with E-state index >= 15 is 0 Å². The predicted molar refractivity (Wildman–Crippen MR) is 107 cm³/mol. The van der Waals surface area contributed by atoms with Crippen LogP contribution < -0.4 is 16.0 Å². The Bertz CT molecular complexity index is 767. The molecular weight excluding hydrogens is 418 g/mol. The van der Waals surface area contributed by atoms with Crippen molar-refractivity contribution < 1.29 is 9.59 Å². The van der Waals surface area contributed by atoms with Crippen molar-refractivity contribution in [3.8, 4) is 10.6 Å². The molecule has 0 saturated heterocycles. The van der Waals surface area contributed by atoms with Gasteiger partial charge in [-0.05, 0) is 25.0 Å². The summed E-state index contributed by atoms with van der Waals surface area (Å²) in [5, 5.41) is 17.4. The Morgan fingerprint density at radius 2 is 2.04 bits per heavy atom. The molecular formula is C17H22BrN5O2S. The second kappa shape index (κ2) is 9.63. The van der Waals surface area contributed by atoms with Crippen molar-refractivity contribution >= 4 is 44.3 Å². The minimum atomic E-state index is -0.648. The van der Waals surface area contributed by atoms with Crippen LogP contribution in [0.15, 0.2) is 28.7 Å². The normalized spacial score (nSPS) is 12.9. The van der Waals surface area contributed by atoms with Gasteiger partial charge < -0.3 is 10.6 Å². The van der Waals surface area contributed by atoms with Gasteiger partial charge in [-0.25, -0.2) is 4.79 Å². The molecule has 0 aliphatic heterocycles. The average Bonchev–Trinajstić information content (AvgIpc) is 3.07. The molecule has 0 aliphatic carbocycles. The monoisotopic (exact) mass is 439 g/mol. The molecule has 9 heteroatoms. The minimum absolute atomic E-state index is 0.0184. The van der Waals surface area contributed by atoms with E-state index in [-0.39, 0.29) is 17.9 Å². The fourth-order valence-corrected chi connectivity index (χ4v) is 3.39. The van der Waals surface area contributed by atoms with Crippen molar-refractivity contribution in [1.29, 1.82) is 0 Å². The highest BCUT2D eigenvalue weighted by Gasteiger charge is 2.26. The smallest absolute Gasteiger partial charge is 0.315 e. The van der Waals surface area contributed by atoms with Crippen LogP contribution in [0.3, 0.4) is 0 Å². The zero-order chi connectivity index (χ0) is 19.1. The first-order chi connectivity index (χ1) is 12.4. The minimum Gasteiger partial charge on any atom is -0.338 e. The van der Waals surface area contributed by atoms with E-state index in [4.69, 9.17) is 0 Å². The number of carbonyl (C=O) groups is 2. The highest BCUT2D eigenvalue weighted by Crippen LogP contribution is 2.28. The van der Waals surface area contributed by atoms with Gasteiger partial charge in [0.05, 0.1) is 0 Å². The lowest BCUT2D eigenvalue weighted by Crippen LogP contribution is -2.51. The van der Waals surface area contributed by atoms with Gasteiger partial charge in [0, 0.05) is 16.6 Å². The molecule has 0 spiro atoms. The Morgan fingerprint density at radius 1 is 1.27 bits per heavy atom. The highest BCUT2D eigenvalue weighted by atomic mass is 79.9. The summed E-state index contributed by atoms with van der Waals surface area (Å²) in [6.07, 6.45) is 0.754. The van der Waals surface area contributed by atoms with E-state index in [0.29, 0.717) is 16.7 Å². The molecule has 0 bridgehead atoms. The van der Waals surface area contributed by atoms with Crippen LogP contribution in [0.5, 0.6) is 0 Å². The molecule has 2 unspecified atom stereocenters. The van der Waals surface area contributed by atoms with Crippen molar-refractivity contribution in [2.45, 2.75) is 33.2 Å². The van der Waals surface area contributed by atoms with Crippen LogP contribution in [0.2, 0.25) is 0 Å². The second-order valence-electron chi connectivity index (χ2n) is 5.78. The van der Waals surface area contributed by atoms with Crippen LogP contribution in [0.25, 0.3) is 10.6 Å². The van der Waals surface area contributed by atoms with Crippen molar-refractivity contribution in [3.05, 3.63) is 28.7 Å². The molecule has 0 fully saturated rings. The third-order valence-electron chi connectivity index (χ3n) is 3.85. The zero-order valence-electron chi connectivity index (χ0n) is 14.9. The van der Waals surface area contributed by atoms with E-state index in [2.05, 4.69) is 42.1 Å². The molecule has 0 radical (unpaired) electrons. The molecule has 0 aliphatic rings. The van der Waals surface area contributed by atoms with Gasteiger partial charge >= 0.3 is 6.03 Å². The summed E-state index contributed by atoms with van der Waals surface area (Å²) in [4.78, 5) is 24.5. The Labute approximate surface area is 165 Å². The van der Waals surface area contributed by atoms with E-state index in [1.165, 1.54) is 11.3 Å². The first kappa shape index (κ1) is 20.3. The van der Waals surface area contributed by atoms with Crippen molar-refractivity contribution in [1.82, 2.24) is 20.8 Å². The van der Waals surface area contributed by atoms with Gasteiger partial charge in [0.2, 0.25) is 11.0 Å². The molecule has 0 saturated carbocycles. The van der Waals surface area contributed by atoms with Gasteiger partial charge in [-0.1, -0.05) is 59.7 Å². The summed E-state index contributed by atoms with van der Waals surface area (Å²) in [5.41, 5.74) is 0.913. The number of nitrogens with one attached hydrogen (secondary N) is 3. The summed E-state index contributed by atoms with van der Waals surface area (Å²) in [5.74, 6) is -0.322. The van der Waals surface area contributed by atoms with Crippen LogP contribution >= 0.6 is 27.3 Å². The van der Waals surface area contributed by atoms with Crippen molar-refractivity contribution in [2.75, 3.05) is 11.9 Å². The number of carbonyl (C=O) groups excluding carboxylic acids is 2. The Balaban J connectivity index is 2.10. The SMILES string of the molecule is CCNC(=O)NC(C(=O)Nc1nnc(-c2cccc(Br)c2)s1)C(C)CC. The molecule has 1 heterocycles. The van der Waals surface area contributed by atoms with Gasteiger partial charge in [-0.2, -0.15) is 0 Å². The van der Waals surface area contributed by atoms with Crippen LogP contribution in [0.1, 0.15) is 27.2 Å². The molecule has 2 aromatic rings. The van der Waals surface area contributed by atoms with Crippen LogP contribution in [0.4, 0.5) is 9.93 Å². The average molecular weight is 440 g/mol. The number of rotatable bonds is 7. The maximum Gasteiger partial charge on any atom is 0.315 e. The van der Waals surface area contributed by atoms with Crippen molar-refractivity contribution in [2.24, 2.45) is 5.92 Å². The lowest BCUT2D eigenvalue weighted by Gasteiger charge is -2.22. The van der Waals surface area contributed by atoms with Crippen LogP contribution in [0, 0.1) is 5.92 Å². The van der Waals surface area contributed by atoms with Crippen molar-refractivity contribution in [3.63, 3.8) is 0 Å². The Hall–Kier alpha value is -2.00. The summed E-state index contributed by atoms with van der Waals surface area (Å²) in [6.45, 7) is 6.21. The Morgan fingerprint density at radius 3 is 2.69 bits per heavy atom. The first-order valence-electron chi connectivity index (χ1n) is 8.39. The van der Waals surface area contributed by atoms with E-state index in [9.17, 15) is 9.59 Å². The molecule has 7 nitrogen and oxygen atoms in total. The highest BCUT2D eigenvalue weighted by molar-refractivity contribution is 9.10. The first-order valence-corrected chi connectivity index (χ1v) is 10.00. The molecule has 3 N–H and O–H groups in total. The lowest BCUT2D eigenvalue weighted by atomic mass is 9.98. The number of benzene rings is 1. The standard InChI is InChI=1S/C17H22BrN5O2S/c1-4-10(3)13(20-16(25)19-5-2)14(24)21-17-23-22-15(26-17)11-7-6-8-12(18)9-11/h6-10,13H,4-5H2,1-3H3,(H2,19,20,25)(H,21,23,24). The second-order valence-corrected chi connectivity index (χ2v) is 7.67. The predicted octanol–water partition coefficient (Wildman–Crippen LogP) is 3.64. The maximum absolute atomic E-state index is 12.6. The molecule has 1 aromatic heterocycles. The number of anilines is 1. The maximum atomic E-state index is 12.6. The van der Waals surface area contributed by atoms with Gasteiger partial charge in [0.15, 0.2) is 0 Å².